The number of nitriles is 1. The molecule has 2 heterocycles. The molecule has 84 valence electrons. The molecule has 1 saturated heterocycles. The Morgan fingerprint density at radius 2 is 2.25 bits per heavy atom. The van der Waals surface area contributed by atoms with Crippen LogP contribution in [0, 0.1) is 11.3 Å². The molecule has 0 atom stereocenters. The van der Waals surface area contributed by atoms with Crippen LogP contribution >= 0.6 is 0 Å². The Labute approximate surface area is 92.9 Å². The van der Waals surface area contributed by atoms with Crippen LogP contribution in [0.25, 0.3) is 0 Å². The Morgan fingerprint density at radius 3 is 2.81 bits per heavy atom. The van der Waals surface area contributed by atoms with Gasteiger partial charge in [0, 0.05) is 19.3 Å². The minimum Gasteiger partial charge on any atom is -0.238 e. The summed E-state index contributed by atoms with van der Waals surface area (Å²) in [7, 11) is -3.55. The molecule has 7 nitrogen and oxygen atoms in total. The first-order valence-corrected chi connectivity index (χ1v) is 6.07. The van der Waals surface area contributed by atoms with E-state index < -0.39 is 10.2 Å². The highest BCUT2D eigenvalue weighted by atomic mass is 32.2. The molecule has 0 bridgehead atoms. The van der Waals surface area contributed by atoms with Crippen LogP contribution in [-0.4, -0.2) is 35.8 Å². The fourth-order valence-corrected chi connectivity index (χ4v) is 2.37. The molecule has 1 aromatic rings. The van der Waals surface area contributed by atoms with Crippen LogP contribution in [0.2, 0.25) is 0 Å². The van der Waals surface area contributed by atoms with Crippen molar-refractivity contribution in [3.05, 3.63) is 18.0 Å². The molecule has 0 radical (unpaired) electrons. The Hall–Kier alpha value is -1.72. The third-order valence-electron chi connectivity index (χ3n) is 2.15. The standard InChI is InChI=1S/C8H9N5O2S/c9-6-7-2-3-10-8(11-7)12-16(14,15)13-4-1-5-13/h2-3H,1,4-5H2,(H,10,11,12). The maximum atomic E-state index is 11.6. The van der Waals surface area contributed by atoms with Crippen molar-refractivity contribution >= 4 is 16.2 Å². The van der Waals surface area contributed by atoms with E-state index in [1.807, 2.05) is 6.07 Å². The third-order valence-corrected chi connectivity index (χ3v) is 3.63. The lowest BCUT2D eigenvalue weighted by Crippen LogP contribution is -2.45. The lowest BCUT2D eigenvalue weighted by atomic mass is 10.3. The van der Waals surface area contributed by atoms with E-state index in [4.69, 9.17) is 5.26 Å². The average molecular weight is 239 g/mol. The number of hydrogen-bond donors (Lipinski definition) is 1. The van der Waals surface area contributed by atoms with E-state index in [2.05, 4.69) is 14.7 Å². The largest absolute Gasteiger partial charge is 0.303 e. The second-order valence-electron chi connectivity index (χ2n) is 3.24. The van der Waals surface area contributed by atoms with E-state index >= 15 is 0 Å². The molecular weight excluding hydrogens is 230 g/mol. The summed E-state index contributed by atoms with van der Waals surface area (Å²) in [6, 6.07) is 3.21. The van der Waals surface area contributed by atoms with Crippen LogP contribution in [0.4, 0.5) is 5.95 Å². The Morgan fingerprint density at radius 1 is 1.50 bits per heavy atom. The predicted molar refractivity (Wildman–Crippen MR) is 55.5 cm³/mol. The zero-order valence-corrected chi connectivity index (χ0v) is 9.11. The number of anilines is 1. The summed E-state index contributed by atoms with van der Waals surface area (Å²) in [5, 5.41) is 8.60. The van der Waals surface area contributed by atoms with E-state index in [0.717, 1.165) is 6.42 Å². The normalized spacial score (nSPS) is 16.2. The predicted octanol–water partition coefficient (Wildman–Crippen LogP) is -0.289. The molecule has 16 heavy (non-hydrogen) atoms. The second-order valence-corrected chi connectivity index (χ2v) is 4.91. The molecule has 1 aliphatic rings. The van der Waals surface area contributed by atoms with Gasteiger partial charge in [0.15, 0.2) is 0 Å². The Balaban J connectivity index is 2.17. The number of nitrogens with zero attached hydrogens (tertiary/aromatic N) is 4. The van der Waals surface area contributed by atoms with Crippen molar-refractivity contribution < 1.29 is 8.42 Å². The van der Waals surface area contributed by atoms with Gasteiger partial charge < -0.3 is 0 Å². The summed E-state index contributed by atoms with van der Waals surface area (Å²) in [5.74, 6) is -0.0778. The first kappa shape index (κ1) is 10.8. The van der Waals surface area contributed by atoms with Gasteiger partial charge in [0.25, 0.3) is 0 Å². The topological polar surface area (TPSA) is 99.0 Å². The summed E-state index contributed by atoms with van der Waals surface area (Å²) in [4.78, 5) is 7.46. The van der Waals surface area contributed by atoms with Crippen LogP contribution in [0.3, 0.4) is 0 Å². The van der Waals surface area contributed by atoms with Gasteiger partial charge in [-0.3, -0.25) is 0 Å². The van der Waals surface area contributed by atoms with Gasteiger partial charge in [0.1, 0.15) is 11.8 Å². The number of hydrogen-bond acceptors (Lipinski definition) is 5. The molecule has 0 aliphatic carbocycles. The zero-order valence-electron chi connectivity index (χ0n) is 8.29. The van der Waals surface area contributed by atoms with Gasteiger partial charge in [-0.2, -0.15) is 18.0 Å². The molecule has 2 rings (SSSR count). The van der Waals surface area contributed by atoms with Crippen LogP contribution in [0.5, 0.6) is 0 Å². The van der Waals surface area contributed by atoms with Gasteiger partial charge in [-0.15, -0.1) is 0 Å². The van der Waals surface area contributed by atoms with Crippen molar-refractivity contribution in [1.29, 1.82) is 5.26 Å². The minimum atomic E-state index is -3.55. The molecule has 1 fully saturated rings. The fraction of sp³-hybridized carbons (Fsp3) is 0.375. The van der Waals surface area contributed by atoms with E-state index in [9.17, 15) is 8.42 Å². The van der Waals surface area contributed by atoms with E-state index in [1.54, 1.807) is 0 Å². The van der Waals surface area contributed by atoms with Crippen molar-refractivity contribution in [3.63, 3.8) is 0 Å². The van der Waals surface area contributed by atoms with Gasteiger partial charge in [-0.1, -0.05) is 0 Å². The van der Waals surface area contributed by atoms with Gasteiger partial charge in [0.05, 0.1) is 0 Å². The van der Waals surface area contributed by atoms with Gasteiger partial charge in [-0.25, -0.2) is 14.7 Å². The van der Waals surface area contributed by atoms with Crippen molar-refractivity contribution in [2.45, 2.75) is 6.42 Å². The highest BCUT2D eigenvalue weighted by molar-refractivity contribution is 7.90. The molecule has 8 heteroatoms. The number of aromatic nitrogens is 2. The van der Waals surface area contributed by atoms with Crippen LogP contribution in [0.15, 0.2) is 12.3 Å². The van der Waals surface area contributed by atoms with Gasteiger partial charge in [-0.05, 0) is 12.5 Å². The van der Waals surface area contributed by atoms with Crippen LogP contribution < -0.4 is 4.72 Å². The second kappa shape index (κ2) is 4.03. The number of nitrogens with one attached hydrogen (secondary N) is 1. The minimum absolute atomic E-state index is 0.0778. The van der Waals surface area contributed by atoms with Gasteiger partial charge >= 0.3 is 10.2 Å². The summed E-state index contributed by atoms with van der Waals surface area (Å²) >= 11 is 0. The first-order chi connectivity index (χ1) is 7.62. The van der Waals surface area contributed by atoms with Crippen LogP contribution in [-0.2, 0) is 10.2 Å². The maximum Gasteiger partial charge on any atom is 0.303 e. The van der Waals surface area contributed by atoms with Crippen LogP contribution in [0.1, 0.15) is 12.1 Å². The summed E-state index contributed by atoms with van der Waals surface area (Å²) in [5.41, 5.74) is 0.122. The number of rotatable bonds is 3. The van der Waals surface area contributed by atoms with Crippen molar-refractivity contribution in [2.75, 3.05) is 17.8 Å². The molecule has 1 aromatic heterocycles. The summed E-state index contributed by atoms with van der Waals surface area (Å²) in [6.07, 6.45) is 2.19. The molecule has 1 aliphatic heterocycles. The monoisotopic (exact) mass is 239 g/mol. The summed E-state index contributed by atoms with van der Waals surface area (Å²) < 4.78 is 26.8. The average Bonchev–Trinajstić information content (AvgIpc) is 2.13. The molecule has 1 N–H and O–H groups in total. The summed E-state index contributed by atoms with van der Waals surface area (Å²) in [6.45, 7) is 1.01. The molecule has 0 unspecified atom stereocenters. The Kier molecular flexibility index (Phi) is 2.72. The smallest absolute Gasteiger partial charge is 0.238 e. The van der Waals surface area contributed by atoms with Crippen molar-refractivity contribution in [2.24, 2.45) is 0 Å². The molecule has 0 aromatic carbocycles. The third kappa shape index (κ3) is 2.10. The van der Waals surface area contributed by atoms with Gasteiger partial charge in [0.2, 0.25) is 5.95 Å². The maximum absolute atomic E-state index is 11.6. The SMILES string of the molecule is N#Cc1ccnc(NS(=O)(=O)N2CCC2)n1. The molecule has 0 saturated carbocycles. The quantitative estimate of drug-likeness (QED) is 0.781. The fourth-order valence-electron chi connectivity index (χ4n) is 1.18. The first-order valence-electron chi connectivity index (χ1n) is 4.63. The zero-order chi connectivity index (χ0) is 11.6. The van der Waals surface area contributed by atoms with Crippen molar-refractivity contribution in [1.82, 2.24) is 14.3 Å². The van der Waals surface area contributed by atoms with E-state index in [0.29, 0.717) is 13.1 Å². The molecule has 0 spiro atoms. The lowest BCUT2D eigenvalue weighted by molar-refractivity contribution is 0.311. The van der Waals surface area contributed by atoms with E-state index in [-0.39, 0.29) is 11.6 Å². The lowest BCUT2D eigenvalue weighted by Gasteiger charge is -2.29. The highest BCUT2D eigenvalue weighted by Crippen LogP contribution is 2.13. The van der Waals surface area contributed by atoms with Crippen molar-refractivity contribution in [3.8, 4) is 6.07 Å². The molecule has 0 amide bonds. The van der Waals surface area contributed by atoms with E-state index in [1.165, 1.54) is 16.6 Å². The highest BCUT2D eigenvalue weighted by Gasteiger charge is 2.28. The molecular formula is C8H9N5O2S. The Bertz CT molecular complexity index is 532.